The second-order valence-electron chi connectivity index (χ2n) is 5.15. The van der Waals surface area contributed by atoms with Crippen LogP contribution in [0, 0.1) is 0 Å². The molecule has 2 amide bonds. The van der Waals surface area contributed by atoms with E-state index in [9.17, 15) is 9.59 Å². The zero-order valence-corrected chi connectivity index (χ0v) is 12.8. The maximum atomic E-state index is 12.5. The lowest BCUT2D eigenvalue weighted by Crippen LogP contribution is -2.27. The third kappa shape index (κ3) is 2.53. The molecule has 3 aromatic rings. The number of fused-ring (bicyclic) bond motifs is 2. The maximum Gasteiger partial charge on any atom is 0.262 e. The van der Waals surface area contributed by atoms with E-state index in [0.29, 0.717) is 17.0 Å². The normalized spacial score (nSPS) is 13.1. The monoisotopic (exact) mass is 324 g/mol. The first-order valence-corrected chi connectivity index (χ1v) is 7.93. The van der Waals surface area contributed by atoms with Crippen LogP contribution in [0.15, 0.2) is 47.8 Å². The molecule has 0 fully saturated rings. The van der Waals surface area contributed by atoms with Crippen LogP contribution >= 0.6 is 11.3 Å². The standard InChI is InChI=1S/C17H12N2O3S/c20-15-9-22-16-12(2-1-3-13(16)19-15)17(21)18-11-4-5-14-10(8-11)6-7-23-14/h1-8H,9H2,(H,18,21)(H,19,20). The number of anilines is 2. The van der Waals surface area contributed by atoms with E-state index < -0.39 is 0 Å². The zero-order valence-electron chi connectivity index (χ0n) is 12.0. The fraction of sp³-hybridized carbons (Fsp3) is 0.0588. The molecule has 6 heteroatoms. The van der Waals surface area contributed by atoms with Crippen LogP contribution < -0.4 is 15.4 Å². The van der Waals surface area contributed by atoms with Crippen molar-refractivity contribution >= 4 is 44.6 Å². The Morgan fingerprint density at radius 1 is 1.22 bits per heavy atom. The molecule has 4 rings (SSSR count). The first-order valence-electron chi connectivity index (χ1n) is 7.05. The Bertz CT molecular complexity index is 932. The molecule has 0 saturated carbocycles. The molecular weight excluding hydrogens is 312 g/mol. The summed E-state index contributed by atoms with van der Waals surface area (Å²) in [6.07, 6.45) is 0. The molecule has 5 nitrogen and oxygen atoms in total. The van der Waals surface area contributed by atoms with E-state index in [-0.39, 0.29) is 18.4 Å². The van der Waals surface area contributed by atoms with E-state index in [0.717, 1.165) is 11.1 Å². The van der Waals surface area contributed by atoms with Crippen LogP contribution in [0.3, 0.4) is 0 Å². The third-order valence-electron chi connectivity index (χ3n) is 3.59. The summed E-state index contributed by atoms with van der Waals surface area (Å²) in [5, 5.41) is 8.68. The number of amides is 2. The second-order valence-corrected chi connectivity index (χ2v) is 6.09. The van der Waals surface area contributed by atoms with Crippen LogP contribution in [0.25, 0.3) is 10.1 Å². The molecule has 1 aliphatic heterocycles. The van der Waals surface area contributed by atoms with Crippen molar-refractivity contribution in [2.24, 2.45) is 0 Å². The SMILES string of the molecule is O=C1COc2c(cccc2C(=O)Nc2ccc3sccc3c2)N1. The third-order valence-corrected chi connectivity index (χ3v) is 4.49. The van der Waals surface area contributed by atoms with E-state index in [1.807, 2.05) is 29.6 Å². The number of hydrogen-bond acceptors (Lipinski definition) is 4. The van der Waals surface area contributed by atoms with Crippen molar-refractivity contribution in [3.05, 3.63) is 53.4 Å². The van der Waals surface area contributed by atoms with Gasteiger partial charge in [0.15, 0.2) is 12.4 Å². The summed E-state index contributed by atoms with van der Waals surface area (Å²) in [7, 11) is 0. The van der Waals surface area contributed by atoms with Gasteiger partial charge in [0.2, 0.25) is 0 Å². The van der Waals surface area contributed by atoms with Crippen molar-refractivity contribution in [3.8, 4) is 5.75 Å². The molecule has 0 spiro atoms. The lowest BCUT2D eigenvalue weighted by atomic mass is 10.1. The van der Waals surface area contributed by atoms with Crippen LogP contribution in [-0.4, -0.2) is 18.4 Å². The highest BCUT2D eigenvalue weighted by molar-refractivity contribution is 7.17. The van der Waals surface area contributed by atoms with Crippen molar-refractivity contribution in [2.45, 2.75) is 0 Å². The molecule has 1 aromatic heterocycles. The highest BCUT2D eigenvalue weighted by atomic mass is 32.1. The van der Waals surface area contributed by atoms with Crippen molar-refractivity contribution < 1.29 is 14.3 Å². The minimum Gasteiger partial charge on any atom is -0.481 e. The Balaban J connectivity index is 1.64. The smallest absolute Gasteiger partial charge is 0.262 e. The molecule has 2 aromatic carbocycles. The lowest BCUT2D eigenvalue weighted by molar-refractivity contribution is -0.118. The van der Waals surface area contributed by atoms with Crippen LogP contribution in [0.5, 0.6) is 5.75 Å². The van der Waals surface area contributed by atoms with Crippen molar-refractivity contribution in [1.82, 2.24) is 0 Å². The lowest BCUT2D eigenvalue weighted by Gasteiger charge is -2.20. The summed E-state index contributed by atoms with van der Waals surface area (Å²) < 4.78 is 6.58. The molecule has 2 N–H and O–H groups in total. The summed E-state index contributed by atoms with van der Waals surface area (Å²) in [5.41, 5.74) is 1.63. The maximum absolute atomic E-state index is 12.5. The summed E-state index contributed by atoms with van der Waals surface area (Å²) in [6, 6.07) is 12.9. The molecule has 23 heavy (non-hydrogen) atoms. The Morgan fingerprint density at radius 3 is 3.04 bits per heavy atom. The Hall–Kier alpha value is -2.86. The quantitative estimate of drug-likeness (QED) is 0.758. The number of benzene rings is 2. The van der Waals surface area contributed by atoms with E-state index in [2.05, 4.69) is 10.6 Å². The molecule has 0 atom stereocenters. The fourth-order valence-electron chi connectivity index (χ4n) is 2.54. The minimum atomic E-state index is -0.271. The number of carbonyl (C=O) groups excluding carboxylic acids is 2. The Morgan fingerprint density at radius 2 is 2.13 bits per heavy atom. The van der Waals surface area contributed by atoms with Gasteiger partial charge < -0.3 is 15.4 Å². The fourth-order valence-corrected chi connectivity index (χ4v) is 3.31. The van der Waals surface area contributed by atoms with E-state index in [1.165, 1.54) is 4.70 Å². The predicted molar refractivity (Wildman–Crippen MR) is 90.3 cm³/mol. The Kier molecular flexibility index (Phi) is 3.24. The summed E-state index contributed by atoms with van der Waals surface area (Å²) >= 11 is 1.66. The number of para-hydroxylation sites is 1. The van der Waals surface area contributed by atoms with Gasteiger partial charge in [-0.3, -0.25) is 9.59 Å². The summed E-state index contributed by atoms with van der Waals surface area (Å²) in [5.74, 6) is -0.0910. The molecule has 114 valence electrons. The van der Waals surface area contributed by atoms with Gasteiger partial charge in [-0.05, 0) is 47.2 Å². The largest absolute Gasteiger partial charge is 0.481 e. The molecule has 0 radical (unpaired) electrons. The van der Waals surface area contributed by atoms with Gasteiger partial charge in [0.25, 0.3) is 11.8 Å². The molecule has 0 saturated heterocycles. The van der Waals surface area contributed by atoms with Crippen molar-refractivity contribution in [3.63, 3.8) is 0 Å². The average Bonchev–Trinajstić information content (AvgIpc) is 3.01. The highest BCUT2D eigenvalue weighted by Crippen LogP contribution is 2.32. The van der Waals surface area contributed by atoms with Gasteiger partial charge >= 0.3 is 0 Å². The molecular formula is C17H12N2O3S. The number of nitrogens with one attached hydrogen (secondary N) is 2. The van der Waals surface area contributed by atoms with E-state index in [4.69, 9.17) is 4.74 Å². The van der Waals surface area contributed by atoms with Crippen LogP contribution in [-0.2, 0) is 4.79 Å². The van der Waals surface area contributed by atoms with Crippen LogP contribution in [0.4, 0.5) is 11.4 Å². The van der Waals surface area contributed by atoms with E-state index in [1.54, 1.807) is 29.5 Å². The van der Waals surface area contributed by atoms with Gasteiger partial charge in [-0.25, -0.2) is 0 Å². The predicted octanol–water partition coefficient (Wildman–Crippen LogP) is 3.48. The first kappa shape index (κ1) is 13.8. The van der Waals surface area contributed by atoms with Gasteiger partial charge in [-0.1, -0.05) is 6.07 Å². The minimum absolute atomic E-state index is 0.0852. The van der Waals surface area contributed by atoms with Gasteiger partial charge in [0.1, 0.15) is 0 Å². The van der Waals surface area contributed by atoms with Gasteiger partial charge in [0, 0.05) is 10.4 Å². The number of ether oxygens (including phenoxy) is 1. The zero-order chi connectivity index (χ0) is 15.8. The van der Waals surface area contributed by atoms with Crippen molar-refractivity contribution in [2.75, 3.05) is 17.2 Å². The molecule has 1 aliphatic rings. The first-order chi connectivity index (χ1) is 11.2. The number of carbonyl (C=O) groups is 2. The second kappa shape index (κ2) is 5.40. The highest BCUT2D eigenvalue weighted by Gasteiger charge is 2.22. The summed E-state index contributed by atoms with van der Waals surface area (Å²) in [6.45, 7) is -0.0852. The van der Waals surface area contributed by atoms with Crippen LogP contribution in [0.2, 0.25) is 0 Å². The topological polar surface area (TPSA) is 67.4 Å². The van der Waals surface area contributed by atoms with Gasteiger partial charge in [-0.15, -0.1) is 11.3 Å². The van der Waals surface area contributed by atoms with Gasteiger partial charge in [0.05, 0.1) is 11.3 Å². The van der Waals surface area contributed by atoms with Crippen LogP contribution in [0.1, 0.15) is 10.4 Å². The van der Waals surface area contributed by atoms with Crippen molar-refractivity contribution in [1.29, 1.82) is 0 Å². The molecule has 0 unspecified atom stereocenters. The van der Waals surface area contributed by atoms with Gasteiger partial charge in [-0.2, -0.15) is 0 Å². The number of thiophene rings is 1. The average molecular weight is 324 g/mol. The number of rotatable bonds is 2. The van der Waals surface area contributed by atoms with E-state index >= 15 is 0 Å². The Labute approximate surface area is 135 Å². The number of hydrogen-bond donors (Lipinski definition) is 2. The molecule has 2 heterocycles. The summed E-state index contributed by atoms with van der Waals surface area (Å²) in [4.78, 5) is 23.9. The molecule has 0 bridgehead atoms. The molecule has 0 aliphatic carbocycles.